The van der Waals surface area contributed by atoms with Gasteiger partial charge in [-0.1, -0.05) is 0 Å². The van der Waals surface area contributed by atoms with E-state index in [1.165, 1.54) is 29.4 Å². The van der Waals surface area contributed by atoms with E-state index in [9.17, 15) is 9.59 Å². The number of amides is 1. The Labute approximate surface area is 103 Å². The number of carboxylic acids is 1. The molecule has 0 aromatic carbocycles. The second kappa shape index (κ2) is 6.05. The highest BCUT2D eigenvalue weighted by atomic mass is 32.1. The molecule has 0 aliphatic heterocycles. The summed E-state index contributed by atoms with van der Waals surface area (Å²) < 4.78 is 4.57. The van der Waals surface area contributed by atoms with Gasteiger partial charge in [-0.3, -0.25) is 0 Å². The van der Waals surface area contributed by atoms with Gasteiger partial charge in [-0.2, -0.15) is 0 Å². The molecule has 1 aromatic rings. The van der Waals surface area contributed by atoms with E-state index in [4.69, 9.17) is 5.11 Å². The van der Waals surface area contributed by atoms with Crippen LogP contribution in [-0.4, -0.2) is 36.2 Å². The maximum atomic E-state index is 11.2. The average Bonchev–Trinajstić information content (AvgIpc) is 2.73. The van der Waals surface area contributed by atoms with Crippen molar-refractivity contribution in [1.82, 2.24) is 4.90 Å². The van der Waals surface area contributed by atoms with Gasteiger partial charge in [0.15, 0.2) is 0 Å². The van der Waals surface area contributed by atoms with E-state index in [1.54, 1.807) is 7.05 Å². The van der Waals surface area contributed by atoms with Gasteiger partial charge in [0.2, 0.25) is 0 Å². The lowest BCUT2D eigenvalue weighted by Gasteiger charge is -2.13. The minimum atomic E-state index is -0.982. The number of carbonyl (C=O) groups excluding carboxylic acids is 1. The molecule has 17 heavy (non-hydrogen) atoms. The van der Waals surface area contributed by atoms with Gasteiger partial charge in [-0.05, 0) is 23.1 Å². The Hall–Kier alpha value is -1.82. The molecule has 0 saturated heterocycles. The summed E-state index contributed by atoms with van der Waals surface area (Å²) in [5.41, 5.74) is 0.811. The van der Waals surface area contributed by atoms with Crippen LogP contribution in [0.3, 0.4) is 0 Å². The van der Waals surface area contributed by atoms with Crippen molar-refractivity contribution >= 4 is 29.5 Å². The highest BCUT2D eigenvalue weighted by Crippen LogP contribution is 2.17. The summed E-state index contributed by atoms with van der Waals surface area (Å²) in [4.78, 5) is 23.9. The van der Waals surface area contributed by atoms with Crippen LogP contribution in [0.5, 0.6) is 0 Å². The van der Waals surface area contributed by atoms with Crippen molar-refractivity contribution in [2.45, 2.75) is 6.54 Å². The van der Waals surface area contributed by atoms with E-state index in [-0.39, 0.29) is 0 Å². The summed E-state index contributed by atoms with van der Waals surface area (Å²) >= 11 is 1.46. The summed E-state index contributed by atoms with van der Waals surface area (Å²) in [5.74, 6) is -0.982. The first kappa shape index (κ1) is 13.2. The highest BCUT2D eigenvalue weighted by Gasteiger charge is 2.09. The molecule has 0 bridgehead atoms. The zero-order valence-corrected chi connectivity index (χ0v) is 10.4. The van der Waals surface area contributed by atoms with Crippen LogP contribution in [0.15, 0.2) is 17.5 Å². The molecule has 1 aromatic heterocycles. The predicted octanol–water partition coefficient (Wildman–Crippen LogP) is 2.04. The second-order valence-electron chi connectivity index (χ2n) is 3.34. The summed E-state index contributed by atoms with van der Waals surface area (Å²) in [6.07, 6.45) is 2.19. The Bertz CT molecular complexity index is 438. The Kier molecular flexibility index (Phi) is 4.71. The molecule has 1 amide bonds. The summed E-state index contributed by atoms with van der Waals surface area (Å²) in [7, 11) is 2.96. The lowest BCUT2D eigenvalue weighted by molar-refractivity contribution is -0.131. The van der Waals surface area contributed by atoms with Gasteiger partial charge >= 0.3 is 12.1 Å². The monoisotopic (exact) mass is 255 g/mol. The zero-order chi connectivity index (χ0) is 12.8. The molecule has 0 radical (unpaired) electrons. The Morgan fingerprint density at radius 3 is 2.88 bits per heavy atom. The largest absolute Gasteiger partial charge is 0.478 e. The fraction of sp³-hybridized carbons (Fsp3) is 0.273. The van der Waals surface area contributed by atoms with Gasteiger partial charge in [0.05, 0.1) is 13.7 Å². The first-order chi connectivity index (χ1) is 8.02. The topological polar surface area (TPSA) is 66.8 Å². The van der Waals surface area contributed by atoms with E-state index in [0.717, 1.165) is 16.5 Å². The van der Waals surface area contributed by atoms with Crippen molar-refractivity contribution in [2.24, 2.45) is 0 Å². The van der Waals surface area contributed by atoms with E-state index in [1.807, 2.05) is 11.4 Å². The molecule has 6 heteroatoms. The van der Waals surface area contributed by atoms with E-state index < -0.39 is 12.1 Å². The number of hydrogen-bond donors (Lipinski definition) is 1. The molecule has 0 aliphatic rings. The molecule has 1 N–H and O–H groups in total. The van der Waals surface area contributed by atoms with Gasteiger partial charge in [-0.25, -0.2) is 9.59 Å². The number of ether oxygens (including phenoxy) is 1. The lowest BCUT2D eigenvalue weighted by atomic mass is 10.3. The van der Waals surface area contributed by atoms with Crippen molar-refractivity contribution < 1.29 is 19.4 Å². The average molecular weight is 255 g/mol. The normalized spacial score (nSPS) is 10.5. The summed E-state index contributed by atoms with van der Waals surface area (Å²) in [6, 6.07) is 1.84. The van der Waals surface area contributed by atoms with Gasteiger partial charge < -0.3 is 14.7 Å². The van der Waals surface area contributed by atoms with Crippen LogP contribution in [0.1, 0.15) is 10.4 Å². The maximum absolute atomic E-state index is 11.2. The fourth-order valence-electron chi connectivity index (χ4n) is 1.19. The molecule has 0 saturated carbocycles. The first-order valence-corrected chi connectivity index (χ1v) is 5.68. The molecule has 0 unspecified atom stereocenters. The van der Waals surface area contributed by atoms with Crippen molar-refractivity contribution in [2.75, 3.05) is 14.2 Å². The van der Waals surface area contributed by atoms with Crippen molar-refractivity contribution in [1.29, 1.82) is 0 Å². The van der Waals surface area contributed by atoms with Crippen molar-refractivity contribution in [3.8, 4) is 0 Å². The first-order valence-electron chi connectivity index (χ1n) is 4.80. The number of nitrogens with zero attached hydrogens (tertiary/aromatic N) is 1. The van der Waals surface area contributed by atoms with Crippen LogP contribution in [0.25, 0.3) is 6.08 Å². The highest BCUT2D eigenvalue weighted by molar-refractivity contribution is 7.10. The number of hydrogen-bond acceptors (Lipinski definition) is 4. The van der Waals surface area contributed by atoms with E-state index in [0.29, 0.717) is 6.54 Å². The third-order valence-electron chi connectivity index (χ3n) is 1.97. The van der Waals surface area contributed by atoms with Gasteiger partial charge in [0.25, 0.3) is 0 Å². The molecule has 0 aliphatic carbocycles. The van der Waals surface area contributed by atoms with E-state index in [2.05, 4.69) is 4.74 Å². The van der Waals surface area contributed by atoms with Crippen molar-refractivity contribution in [3.05, 3.63) is 28.0 Å². The number of aliphatic carboxylic acids is 1. The number of rotatable bonds is 4. The van der Waals surface area contributed by atoms with Crippen LogP contribution in [-0.2, 0) is 16.1 Å². The van der Waals surface area contributed by atoms with E-state index >= 15 is 0 Å². The molecule has 92 valence electrons. The molecule has 5 nitrogen and oxygen atoms in total. The van der Waals surface area contributed by atoms with Crippen LogP contribution in [0.4, 0.5) is 4.79 Å². The van der Waals surface area contributed by atoms with Crippen LogP contribution in [0.2, 0.25) is 0 Å². The minimum absolute atomic E-state index is 0.402. The number of methoxy groups -OCH3 is 1. The molecular weight excluding hydrogens is 242 g/mol. The summed E-state index contributed by atoms with van der Waals surface area (Å²) in [6.45, 7) is 0.443. The van der Waals surface area contributed by atoms with Crippen LogP contribution >= 0.6 is 11.3 Å². The minimum Gasteiger partial charge on any atom is -0.478 e. The van der Waals surface area contributed by atoms with Gasteiger partial charge in [0, 0.05) is 18.0 Å². The molecule has 1 heterocycles. The predicted molar refractivity (Wildman–Crippen MR) is 64.9 cm³/mol. The fourth-order valence-corrected chi connectivity index (χ4v) is 2.10. The Balaban J connectivity index is 2.62. The van der Waals surface area contributed by atoms with Crippen LogP contribution < -0.4 is 0 Å². The molecule has 0 spiro atoms. The second-order valence-corrected chi connectivity index (χ2v) is 4.34. The number of carboxylic acid groups (broad SMARTS) is 1. The molecular formula is C11H13NO4S. The van der Waals surface area contributed by atoms with Gasteiger partial charge in [-0.15, -0.1) is 11.3 Å². The van der Waals surface area contributed by atoms with Gasteiger partial charge in [0.1, 0.15) is 0 Å². The standard InChI is InChI=1S/C11H13NO4S/c1-12(11(15)16-2)6-9-5-8(7-17-9)3-4-10(13)14/h3-5,7H,6H2,1-2H3,(H,13,14)/b4-3+. The Morgan fingerprint density at radius 1 is 1.59 bits per heavy atom. The molecule has 1 rings (SSSR count). The smallest absolute Gasteiger partial charge is 0.409 e. The SMILES string of the molecule is COC(=O)N(C)Cc1cc(/C=C/C(=O)O)cs1. The third kappa shape index (κ3) is 4.28. The summed E-state index contributed by atoms with van der Waals surface area (Å²) in [5, 5.41) is 10.3. The van der Waals surface area contributed by atoms with Crippen LogP contribution in [0, 0.1) is 0 Å². The maximum Gasteiger partial charge on any atom is 0.409 e. The third-order valence-corrected chi connectivity index (χ3v) is 2.91. The lowest BCUT2D eigenvalue weighted by Crippen LogP contribution is -2.25. The quantitative estimate of drug-likeness (QED) is 0.836. The molecule has 0 fully saturated rings. The number of thiophene rings is 1. The van der Waals surface area contributed by atoms with Crippen molar-refractivity contribution in [3.63, 3.8) is 0 Å². The Morgan fingerprint density at radius 2 is 2.29 bits per heavy atom. The number of carbonyl (C=O) groups is 2. The zero-order valence-electron chi connectivity index (χ0n) is 9.54. The molecule has 0 atom stereocenters.